The lowest BCUT2D eigenvalue weighted by atomic mass is 10.1. The van der Waals surface area contributed by atoms with E-state index >= 15 is 0 Å². The zero-order valence-electron chi connectivity index (χ0n) is 18.1. The molecule has 0 aliphatic carbocycles. The molecule has 1 aliphatic heterocycles. The number of fused-ring (bicyclic) bond motifs is 1. The maximum absolute atomic E-state index is 13.1. The van der Waals surface area contributed by atoms with Crippen LogP contribution in [0, 0.1) is 0 Å². The van der Waals surface area contributed by atoms with Gasteiger partial charge in [-0.1, -0.05) is 43.3 Å². The Morgan fingerprint density at radius 3 is 2.22 bits per heavy atom. The summed E-state index contributed by atoms with van der Waals surface area (Å²) in [6.07, 6.45) is 0.786. The Morgan fingerprint density at radius 2 is 1.56 bits per heavy atom. The summed E-state index contributed by atoms with van der Waals surface area (Å²) in [5, 5.41) is 2.96. The van der Waals surface area contributed by atoms with E-state index in [1.54, 1.807) is 42.5 Å². The molecule has 6 nitrogen and oxygen atoms in total. The summed E-state index contributed by atoms with van der Waals surface area (Å²) in [5.74, 6) is -0.520. The van der Waals surface area contributed by atoms with Gasteiger partial charge in [-0.3, -0.25) is 19.3 Å². The van der Waals surface area contributed by atoms with Crippen molar-refractivity contribution in [3.8, 4) is 5.75 Å². The number of aryl methyl sites for hydroxylation is 1. The van der Waals surface area contributed by atoms with Crippen LogP contribution in [0.25, 0.3) is 0 Å². The molecule has 0 saturated heterocycles. The first-order valence-electron chi connectivity index (χ1n) is 10.6. The van der Waals surface area contributed by atoms with Gasteiger partial charge in [0.1, 0.15) is 5.75 Å². The Balaban J connectivity index is 1.62. The number of para-hydroxylation sites is 1. The SMILES string of the molecule is CCOc1ccc(CN2C(=O)c3ccccc3C2=O)cc1C(=O)Nc1ccccc1CC. The van der Waals surface area contributed by atoms with Crippen LogP contribution in [-0.4, -0.2) is 29.2 Å². The van der Waals surface area contributed by atoms with Crippen LogP contribution in [0.4, 0.5) is 5.69 Å². The minimum absolute atomic E-state index is 0.0740. The average Bonchev–Trinajstić information content (AvgIpc) is 3.05. The fraction of sp³-hybridized carbons (Fsp3) is 0.192. The van der Waals surface area contributed by atoms with Gasteiger partial charge in [0.05, 0.1) is 29.8 Å². The second-order valence-electron chi connectivity index (χ2n) is 7.47. The van der Waals surface area contributed by atoms with Crippen molar-refractivity contribution in [1.29, 1.82) is 0 Å². The van der Waals surface area contributed by atoms with E-state index in [-0.39, 0.29) is 24.3 Å². The van der Waals surface area contributed by atoms with Gasteiger partial charge < -0.3 is 10.1 Å². The van der Waals surface area contributed by atoms with Gasteiger partial charge in [0, 0.05) is 5.69 Å². The molecule has 32 heavy (non-hydrogen) atoms. The number of benzene rings is 3. The fourth-order valence-corrected chi connectivity index (χ4v) is 3.84. The number of carbonyl (C=O) groups excluding carboxylic acids is 3. The van der Waals surface area contributed by atoms with Gasteiger partial charge in [-0.15, -0.1) is 0 Å². The Kier molecular flexibility index (Phi) is 6.03. The van der Waals surface area contributed by atoms with E-state index in [1.807, 2.05) is 38.1 Å². The molecule has 0 bridgehead atoms. The predicted octanol–water partition coefficient (Wildman–Crippen LogP) is 4.70. The van der Waals surface area contributed by atoms with Crippen molar-refractivity contribution in [1.82, 2.24) is 4.90 Å². The minimum atomic E-state index is -0.331. The van der Waals surface area contributed by atoms with E-state index in [1.165, 1.54) is 4.90 Å². The molecule has 1 heterocycles. The van der Waals surface area contributed by atoms with Crippen LogP contribution in [0.1, 0.15) is 56.0 Å². The monoisotopic (exact) mass is 428 g/mol. The third-order valence-corrected chi connectivity index (χ3v) is 5.45. The summed E-state index contributed by atoms with van der Waals surface area (Å²) in [7, 11) is 0. The van der Waals surface area contributed by atoms with E-state index in [2.05, 4.69) is 5.32 Å². The van der Waals surface area contributed by atoms with E-state index in [4.69, 9.17) is 4.74 Å². The molecule has 6 heteroatoms. The maximum atomic E-state index is 13.1. The lowest BCUT2D eigenvalue weighted by Gasteiger charge is -2.17. The third kappa shape index (κ3) is 3.99. The second kappa shape index (κ2) is 9.06. The van der Waals surface area contributed by atoms with Crippen LogP contribution in [0.2, 0.25) is 0 Å². The molecular weight excluding hydrogens is 404 g/mol. The number of amides is 3. The first kappa shape index (κ1) is 21.3. The molecule has 0 unspecified atom stereocenters. The van der Waals surface area contributed by atoms with Gasteiger partial charge >= 0.3 is 0 Å². The van der Waals surface area contributed by atoms with Gasteiger partial charge in [-0.05, 0) is 54.8 Å². The molecule has 162 valence electrons. The number of hydrogen-bond acceptors (Lipinski definition) is 4. The highest BCUT2D eigenvalue weighted by molar-refractivity contribution is 6.21. The van der Waals surface area contributed by atoms with E-state index in [0.717, 1.165) is 17.7 Å². The number of anilines is 1. The molecule has 0 atom stereocenters. The zero-order chi connectivity index (χ0) is 22.7. The zero-order valence-corrected chi connectivity index (χ0v) is 18.1. The molecule has 3 aromatic carbocycles. The van der Waals surface area contributed by atoms with Gasteiger partial charge in [-0.2, -0.15) is 0 Å². The average molecular weight is 428 g/mol. The Morgan fingerprint density at radius 1 is 0.906 bits per heavy atom. The van der Waals surface area contributed by atoms with Crippen LogP contribution in [0.3, 0.4) is 0 Å². The van der Waals surface area contributed by atoms with Crippen LogP contribution in [0.15, 0.2) is 66.7 Å². The van der Waals surface area contributed by atoms with Gasteiger partial charge in [0.15, 0.2) is 0 Å². The van der Waals surface area contributed by atoms with Crippen molar-refractivity contribution in [3.05, 3.63) is 94.5 Å². The molecule has 0 saturated carbocycles. The van der Waals surface area contributed by atoms with Crippen molar-refractivity contribution in [2.24, 2.45) is 0 Å². The fourth-order valence-electron chi connectivity index (χ4n) is 3.84. The predicted molar refractivity (Wildman–Crippen MR) is 122 cm³/mol. The van der Waals surface area contributed by atoms with E-state index in [9.17, 15) is 14.4 Å². The highest BCUT2D eigenvalue weighted by Gasteiger charge is 2.35. The molecule has 0 radical (unpaired) electrons. The second-order valence-corrected chi connectivity index (χ2v) is 7.47. The number of hydrogen-bond donors (Lipinski definition) is 1. The molecule has 3 amide bonds. The Bertz CT molecular complexity index is 1170. The molecule has 4 rings (SSSR count). The third-order valence-electron chi connectivity index (χ3n) is 5.45. The van der Waals surface area contributed by atoms with E-state index < -0.39 is 0 Å². The van der Waals surface area contributed by atoms with Crippen molar-refractivity contribution in [3.63, 3.8) is 0 Å². The van der Waals surface area contributed by atoms with Crippen molar-refractivity contribution in [2.45, 2.75) is 26.8 Å². The summed E-state index contributed by atoms with van der Waals surface area (Å²) in [6.45, 7) is 4.36. The van der Waals surface area contributed by atoms with Crippen molar-refractivity contribution < 1.29 is 19.1 Å². The molecule has 0 aromatic heterocycles. The first-order chi connectivity index (χ1) is 15.5. The maximum Gasteiger partial charge on any atom is 0.261 e. The van der Waals surface area contributed by atoms with Crippen LogP contribution >= 0.6 is 0 Å². The van der Waals surface area contributed by atoms with Gasteiger partial charge in [0.25, 0.3) is 17.7 Å². The van der Waals surface area contributed by atoms with Gasteiger partial charge in [-0.25, -0.2) is 0 Å². The Labute approximate surface area is 186 Å². The number of ether oxygens (including phenoxy) is 1. The molecule has 0 spiro atoms. The smallest absolute Gasteiger partial charge is 0.261 e. The largest absolute Gasteiger partial charge is 0.493 e. The normalized spacial score (nSPS) is 12.6. The molecule has 3 aromatic rings. The number of carbonyl (C=O) groups is 3. The molecular formula is C26H24N2O4. The van der Waals surface area contributed by atoms with Crippen LogP contribution in [0.5, 0.6) is 5.75 Å². The first-order valence-corrected chi connectivity index (χ1v) is 10.6. The number of rotatable bonds is 7. The molecule has 1 N–H and O–H groups in total. The quantitative estimate of drug-likeness (QED) is 0.554. The van der Waals surface area contributed by atoms with Gasteiger partial charge in [0.2, 0.25) is 0 Å². The lowest BCUT2D eigenvalue weighted by molar-refractivity contribution is 0.0642. The summed E-state index contributed by atoms with van der Waals surface area (Å²) >= 11 is 0. The summed E-state index contributed by atoms with van der Waals surface area (Å²) in [4.78, 5) is 39.8. The molecule has 1 aliphatic rings. The number of imide groups is 1. The standard InChI is InChI=1S/C26H24N2O4/c1-3-18-9-5-8-12-22(18)27-24(29)21-15-17(13-14-23(21)32-4-2)16-28-25(30)19-10-6-7-11-20(19)26(28)31/h5-15H,3-4,16H2,1-2H3,(H,27,29). The van der Waals surface area contributed by atoms with Crippen LogP contribution < -0.4 is 10.1 Å². The highest BCUT2D eigenvalue weighted by atomic mass is 16.5. The minimum Gasteiger partial charge on any atom is -0.493 e. The van der Waals surface area contributed by atoms with Crippen molar-refractivity contribution in [2.75, 3.05) is 11.9 Å². The topological polar surface area (TPSA) is 75.7 Å². The van der Waals surface area contributed by atoms with Crippen molar-refractivity contribution >= 4 is 23.4 Å². The number of nitrogens with zero attached hydrogens (tertiary/aromatic N) is 1. The number of nitrogens with one attached hydrogen (secondary N) is 1. The summed E-state index contributed by atoms with van der Waals surface area (Å²) in [5.41, 5.74) is 3.59. The summed E-state index contributed by atoms with van der Waals surface area (Å²) in [6, 6.07) is 19.6. The van der Waals surface area contributed by atoms with Crippen LogP contribution in [-0.2, 0) is 13.0 Å². The summed E-state index contributed by atoms with van der Waals surface area (Å²) < 4.78 is 5.66. The van der Waals surface area contributed by atoms with E-state index in [0.29, 0.717) is 34.6 Å². The lowest BCUT2D eigenvalue weighted by Crippen LogP contribution is -2.29. The highest BCUT2D eigenvalue weighted by Crippen LogP contribution is 2.27. The molecule has 0 fully saturated rings. The Hall–Kier alpha value is -3.93.